The lowest BCUT2D eigenvalue weighted by Crippen LogP contribution is -2.11. The lowest BCUT2D eigenvalue weighted by Gasteiger charge is -2.11. The molecule has 0 aliphatic carbocycles. The number of nitrogens with one attached hydrogen (secondary N) is 2. The normalized spacial score (nSPS) is 11.0. The van der Waals surface area contributed by atoms with Gasteiger partial charge in [0, 0.05) is 11.8 Å². The van der Waals surface area contributed by atoms with Gasteiger partial charge < -0.3 is 9.47 Å². The summed E-state index contributed by atoms with van der Waals surface area (Å²) in [6.07, 6.45) is 11.1. The molecule has 0 radical (unpaired) electrons. The summed E-state index contributed by atoms with van der Waals surface area (Å²) >= 11 is 0. The van der Waals surface area contributed by atoms with Crippen molar-refractivity contribution in [3.8, 4) is 11.5 Å². The molecule has 1 aromatic carbocycles. The zero-order chi connectivity index (χ0) is 21.6. The Hall–Kier alpha value is -2.83. The van der Waals surface area contributed by atoms with Crippen molar-refractivity contribution in [3.05, 3.63) is 45.9 Å². The number of aromatic nitrogens is 2. The van der Waals surface area contributed by atoms with Gasteiger partial charge in [0.25, 0.3) is 5.56 Å². The number of H-pyrrole nitrogens is 1. The van der Waals surface area contributed by atoms with E-state index in [0.717, 1.165) is 17.7 Å². The summed E-state index contributed by atoms with van der Waals surface area (Å²) in [5, 5.41) is 4.15. The van der Waals surface area contributed by atoms with Gasteiger partial charge in [0.15, 0.2) is 11.5 Å². The van der Waals surface area contributed by atoms with Crippen LogP contribution < -0.4 is 20.5 Å². The average Bonchev–Trinajstić information content (AvgIpc) is 2.75. The Labute approximate surface area is 178 Å². The minimum Gasteiger partial charge on any atom is -0.493 e. The number of anilines is 1. The molecule has 0 saturated carbocycles. The SMILES string of the molecule is CCCCCCCCCOc1ccc(/C=N\Nc2nc(CC)cc(=O)[nH]2)cc1OC. The second-order valence-electron chi connectivity index (χ2n) is 7.19. The van der Waals surface area contributed by atoms with Crippen molar-refractivity contribution >= 4 is 12.2 Å². The molecular formula is C23H34N4O3. The molecule has 164 valence electrons. The minimum atomic E-state index is -0.205. The smallest absolute Gasteiger partial charge is 0.252 e. The predicted molar refractivity (Wildman–Crippen MR) is 122 cm³/mol. The summed E-state index contributed by atoms with van der Waals surface area (Å²) < 4.78 is 11.3. The van der Waals surface area contributed by atoms with Crippen LogP contribution in [0.4, 0.5) is 5.95 Å². The van der Waals surface area contributed by atoms with Crippen LogP contribution in [0.25, 0.3) is 0 Å². The lowest BCUT2D eigenvalue weighted by atomic mass is 10.1. The van der Waals surface area contributed by atoms with Gasteiger partial charge in [0.2, 0.25) is 5.95 Å². The molecule has 2 N–H and O–H groups in total. The average molecular weight is 415 g/mol. The molecule has 0 atom stereocenters. The van der Waals surface area contributed by atoms with E-state index >= 15 is 0 Å². The molecule has 7 heteroatoms. The highest BCUT2D eigenvalue weighted by Crippen LogP contribution is 2.27. The van der Waals surface area contributed by atoms with Crippen LogP contribution in [0, 0.1) is 0 Å². The van der Waals surface area contributed by atoms with E-state index < -0.39 is 0 Å². The first-order valence-electron chi connectivity index (χ1n) is 10.9. The van der Waals surface area contributed by atoms with Crippen LogP contribution in [0.1, 0.15) is 70.1 Å². The highest BCUT2D eigenvalue weighted by Gasteiger charge is 2.05. The summed E-state index contributed by atoms with van der Waals surface area (Å²) in [6.45, 7) is 4.86. The van der Waals surface area contributed by atoms with Crippen LogP contribution in [0.5, 0.6) is 11.5 Å². The van der Waals surface area contributed by atoms with Gasteiger partial charge in [-0.2, -0.15) is 5.10 Å². The van der Waals surface area contributed by atoms with Crippen molar-refractivity contribution in [1.29, 1.82) is 0 Å². The van der Waals surface area contributed by atoms with E-state index in [2.05, 4.69) is 27.4 Å². The second-order valence-corrected chi connectivity index (χ2v) is 7.19. The molecule has 0 fully saturated rings. The zero-order valence-corrected chi connectivity index (χ0v) is 18.4. The predicted octanol–water partition coefficient (Wildman–Crippen LogP) is 4.92. The maximum Gasteiger partial charge on any atom is 0.252 e. The van der Waals surface area contributed by atoms with Crippen LogP contribution in [-0.4, -0.2) is 29.9 Å². The van der Waals surface area contributed by atoms with Gasteiger partial charge in [-0.25, -0.2) is 10.4 Å². The zero-order valence-electron chi connectivity index (χ0n) is 18.4. The summed E-state index contributed by atoms with van der Waals surface area (Å²) in [7, 11) is 1.62. The Balaban J connectivity index is 1.84. The number of hydrogen-bond acceptors (Lipinski definition) is 6. The quantitative estimate of drug-likeness (QED) is 0.260. The summed E-state index contributed by atoms with van der Waals surface area (Å²) in [4.78, 5) is 18.5. The third-order valence-corrected chi connectivity index (χ3v) is 4.73. The van der Waals surface area contributed by atoms with Crippen LogP contribution in [-0.2, 0) is 6.42 Å². The first-order valence-corrected chi connectivity index (χ1v) is 10.9. The summed E-state index contributed by atoms with van der Waals surface area (Å²) in [5.74, 6) is 1.72. The Morgan fingerprint density at radius 3 is 2.57 bits per heavy atom. The van der Waals surface area contributed by atoms with Gasteiger partial charge in [0.05, 0.1) is 19.9 Å². The fourth-order valence-electron chi connectivity index (χ4n) is 3.03. The van der Waals surface area contributed by atoms with Crippen molar-refractivity contribution in [2.75, 3.05) is 19.1 Å². The Kier molecular flexibility index (Phi) is 10.5. The number of ether oxygens (including phenoxy) is 2. The maximum atomic E-state index is 11.6. The van der Waals surface area contributed by atoms with E-state index in [1.54, 1.807) is 13.3 Å². The van der Waals surface area contributed by atoms with Crippen molar-refractivity contribution < 1.29 is 9.47 Å². The second kappa shape index (κ2) is 13.4. The van der Waals surface area contributed by atoms with Crippen molar-refractivity contribution in [2.45, 2.75) is 65.2 Å². The molecule has 7 nitrogen and oxygen atoms in total. The Morgan fingerprint density at radius 2 is 1.83 bits per heavy atom. The molecule has 0 unspecified atom stereocenters. The van der Waals surface area contributed by atoms with Crippen molar-refractivity contribution in [3.63, 3.8) is 0 Å². The molecule has 0 bridgehead atoms. The molecule has 0 aliphatic heterocycles. The van der Waals surface area contributed by atoms with Gasteiger partial charge in [-0.15, -0.1) is 0 Å². The Bertz CT molecular complexity index is 849. The molecule has 0 saturated heterocycles. The number of hydrazone groups is 1. The van der Waals surface area contributed by atoms with Crippen LogP contribution >= 0.6 is 0 Å². The van der Waals surface area contributed by atoms with Crippen molar-refractivity contribution in [2.24, 2.45) is 5.10 Å². The largest absolute Gasteiger partial charge is 0.493 e. The van der Waals surface area contributed by atoms with Gasteiger partial charge in [0.1, 0.15) is 0 Å². The molecule has 0 aliphatic rings. The molecule has 1 aromatic heterocycles. The molecule has 1 heterocycles. The fourth-order valence-corrected chi connectivity index (χ4v) is 3.03. The third-order valence-electron chi connectivity index (χ3n) is 4.73. The first-order chi connectivity index (χ1) is 14.7. The summed E-state index contributed by atoms with van der Waals surface area (Å²) in [6, 6.07) is 7.14. The standard InChI is InChI=1S/C23H34N4O3/c1-4-6-7-8-9-10-11-14-30-20-13-12-18(15-21(20)29-3)17-24-27-23-25-19(5-2)16-22(28)26-23/h12-13,15-17H,4-11,14H2,1-3H3,(H2,25,26,27,28)/b24-17-. The lowest BCUT2D eigenvalue weighted by molar-refractivity contribution is 0.284. The van der Waals surface area contributed by atoms with Crippen LogP contribution in [0.3, 0.4) is 0 Å². The molecule has 30 heavy (non-hydrogen) atoms. The molecule has 0 amide bonds. The van der Waals surface area contributed by atoms with E-state index in [1.165, 1.54) is 44.6 Å². The van der Waals surface area contributed by atoms with Crippen LogP contribution in [0.15, 0.2) is 34.2 Å². The fraction of sp³-hybridized carbons (Fsp3) is 0.522. The number of aromatic amines is 1. The molecule has 2 rings (SSSR count). The number of unbranched alkanes of at least 4 members (excludes halogenated alkanes) is 6. The number of rotatable bonds is 14. The van der Waals surface area contributed by atoms with E-state index in [0.29, 0.717) is 30.4 Å². The number of aryl methyl sites for hydroxylation is 1. The van der Waals surface area contributed by atoms with Gasteiger partial charge in [-0.1, -0.05) is 52.4 Å². The van der Waals surface area contributed by atoms with E-state index in [-0.39, 0.29) is 5.56 Å². The van der Waals surface area contributed by atoms with Crippen molar-refractivity contribution in [1.82, 2.24) is 9.97 Å². The van der Waals surface area contributed by atoms with Gasteiger partial charge in [-0.05, 0) is 36.6 Å². The maximum absolute atomic E-state index is 11.6. The molecule has 2 aromatic rings. The van der Waals surface area contributed by atoms with Crippen LogP contribution in [0.2, 0.25) is 0 Å². The Morgan fingerprint density at radius 1 is 1.07 bits per heavy atom. The van der Waals surface area contributed by atoms with Gasteiger partial charge >= 0.3 is 0 Å². The highest BCUT2D eigenvalue weighted by molar-refractivity contribution is 5.81. The number of methoxy groups -OCH3 is 1. The van der Waals surface area contributed by atoms with Gasteiger partial charge in [-0.3, -0.25) is 9.78 Å². The number of benzene rings is 1. The highest BCUT2D eigenvalue weighted by atomic mass is 16.5. The minimum absolute atomic E-state index is 0.205. The number of hydrogen-bond donors (Lipinski definition) is 2. The number of nitrogens with zero attached hydrogens (tertiary/aromatic N) is 2. The third kappa shape index (κ3) is 8.27. The van der Waals surface area contributed by atoms with E-state index in [9.17, 15) is 4.79 Å². The molecule has 0 spiro atoms. The molecular weight excluding hydrogens is 380 g/mol. The van der Waals surface area contributed by atoms with E-state index in [4.69, 9.17) is 9.47 Å². The monoisotopic (exact) mass is 414 g/mol. The summed E-state index contributed by atoms with van der Waals surface area (Å²) in [5.41, 5.74) is 4.11. The van der Waals surface area contributed by atoms with E-state index in [1.807, 2.05) is 25.1 Å². The first kappa shape index (κ1) is 23.4. The topological polar surface area (TPSA) is 88.6 Å².